The van der Waals surface area contributed by atoms with Gasteiger partial charge >= 0.3 is 0 Å². The summed E-state index contributed by atoms with van der Waals surface area (Å²) in [5.74, 6) is 0.101. The highest BCUT2D eigenvalue weighted by molar-refractivity contribution is 5.87. The summed E-state index contributed by atoms with van der Waals surface area (Å²) in [7, 11) is 0. The van der Waals surface area contributed by atoms with Crippen LogP contribution in [0.15, 0.2) is 5.16 Å². The van der Waals surface area contributed by atoms with Crippen LogP contribution in [0.25, 0.3) is 0 Å². The van der Waals surface area contributed by atoms with Crippen molar-refractivity contribution in [1.29, 1.82) is 0 Å². The smallest absolute Gasteiger partial charge is 0.223 e. The lowest BCUT2D eigenvalue weighted by molar-refractivity contribution is -0.132. The molecule has 0 aliphatic rings. The molecule has 0 heterocycles. The number of rotatable bonds is 5. The van der Waals surface area contributed by atoms with Gasteiger partial charge in [0.15, 0.2) is 5.84 Å². The summed E-state index contributed by atoms with van der Waals surface area (Å²) in [6.07, 6.45) is 1.31. The number of carbonyl (C=O) groups excluding carboxylic acids is 1. The van der Waals surface area contributed by atoms with Gasteiger partial charge in [0.25, 0.3) is 0 Å². The molecule has 1 amide bonds. The van der Waals surface area contributed by atoms with Crippen molar-refractivity contribution in [2.75, 3.05) is 6.54 Å². The lowest BCUT2D eigenvalue weighted by Crippen LogP contribution is -2.43. The monoisotopic (exact) mass is 243 g/mol. The van der Waals surface area contributed by atoms with Crippen LogP contribution in [0.2, 0.25) is 0 Å². The number of amides is 1. The highest BCUT2D eigenvalue weighted by atomic mass is 16.4. The van der Waals surface area contributed by atoms with Gasteiger partial charge in [-0.1, -0.05) is 25.9 Å². The number of hydrogen-bond donors (Lipinski definition) is 2. The largest absolute Gasteiger partial charge is 0.409 e. The number of oxime groups is 1. The zero-order chi connectivity index (χ0) is 13.6. The molecular weight excluding hydrogens is 218 g/mol. The normalized spacial score (nSPS) is 12.9. The van der Waals surface area contributed by atoms with Crippen molar-refractivity contribution in [3.05, 3.63) is 0 Å². The van der Waals surface area contributed by atoms with Gasteiger partial charge in [0, 0.05) is 12.5 Å². The first-order valence-corrected chi connectivity index (χ1v) is 5.93. The Balaban J connectivity index is 4.46. The third-order valence-electron chi connectivity index (χ3n) is 2.49. The molecule has 0 fully saturated rings. The van der Waals surface area contributed by atoms with Crippen LogP contribution in [0.5, 0.6) is 0 Å². The van der Waals surface area contributed by atoms with Crippen LogP contribution in [0.1, 0.15) is 47.5 Å². The number of nitrogens with zero attached hydrogens (tertiary/aromatic N) is 2. The maximum Gasteiger partial charge on any atom is 0.223 e. The minimum absolute atomic E-state index is 0.0431. The molecule has 17 heavy (non-hydrogen) atoms. The molecule has 100 valence electrons. The van der Waals surface area contributed by atoms with E-state index in [9.17, 15) is 4.79 Å². The Morgan fingerprint density at radius 1 is 1.41 bits per heavy atom. The Morgan fingerprint density at radius 3 is 2.29 bits per heavy atom. The Hall–Kier alpha value is -1.26. The molecule has 0 aromatic carbocycles. The van der Waals surface area contributed by atoms with Gasteiger partial charge in [-0.2, -0.15) is 0 Å². The topological polar surface area (TPSA) is 78.9 Å². The first-order valence-electron chi connectivity index (χ1n) is 5.93. The van der Waals surface area contributed by atoms with Crippen molar-refractivity contribution in [2.24, 2.45) is 16.3 Å². The van der Waals surface area contributed by atoms with Crippen LogP contribution in [-0.2, 0) is 4.79 Å². The molecule has 0 unspecified atom stereocenters. The van der Waals surface area contributed by atoms with Crippen molar-refractivity contribution in [1.82, 2.24) is 4.90 Å². The summed E-state index contributed by atoms with van der Waals surface area (Å²) in [6.45, 7) is 10.3. The van der Waals surface area contributed by atoms with Crippen LogP contribution in [0, 0.1) is 5.41 Å². The quantitative estimate of drug-likeness (QED) is 0.334. The molecule has 0 spiro atoms. The summed E-state index contributed by atoms with van der Waals surface area (Å²) in [4.78, 5) is 13.6. The summed E-state index contributed by atoms with van der Waals surface area (Å²) in [6, 6.07) is 0.0442. The van der Waals surface area contributed by atoms with E-state index in [-0.39, 0.29) is 29.7 Å². The Bertz CT molecular complexity index is 280. The summed E-state index contributed by atoms with van der Waals surface area (Å²) < 4.78 is 0. The molecule has 5 nitrogen and oxygen atoms in total. The van der Waals surface area contributed by atoms with E-state index < -0.39 is 0 Å². The van der Waals surface area contributed by atoms with E-state index in [1.54, 1.807) is 4.90 Å². The van der Waals surface area contributed by atoms with E-state index in [1.165, 1.54) is 0 Å². The van der Waals surface area contributed by atoms with Crippen molar-refractivity contribution in [2.45, 2.75) is 53.5 Å². The number of nitrogens with two attached hydrogens (primary N) is 1. The van der Waals surface area contributed by atoms with E-state index in [1.807, 2.05) is 13.8 Å². The Kier molecular flexibility index (Phi) is 5.99. The first kappa shape index (κ1) is 15.7. The number of amidine groups is 1. The molecule has 0 aromatic rings. The second-order valence-electron chi connectivity index (χ2n) is 5.77. The SMILES string of the molecule is CC(C)N(CC(N)=NO)C(=O)CCC(C)(C)C. The van der Waals surface area contributed by atoms with E-state index in [0.29, 0.717) is 6.42 Å². The number of carbonyl (C=O) groups is 1. The maximum absolute atomic E-state index is 12.0. The fourth-order valence-electron chi connectivity index (χ4n) is 1.39. The molecule has 0 radical (unpaired) electrons. The van der Waals surface area contributed by atoms with E-state index in [2.05, 4.69) is 25.9 Å². The maximum atomic E-state index is 12.0. The van der Waals surface area contributed by atoms with Crippen molar-refractivity contribution in [3.63, 3.8) is 0 Å². The van der Waals surface area contributed by atoms with Gasteiger partial charge in [-0.25, -0.2) is 0 Å². The van der Waals surface area contributed by atoms with Gasteiger partial charge < -0.3 is 15.8 Å². The van der Waals surface area contributed by atoms with E-state index in [0.717, 1.165) is 6.42 Å². The fraction of sp³-hybridized carbons (Fsp3) is 0.833. The average molecular weight is 243 g/mol. The molecule has 0 saturated heterocycles. The summed E-state index contributed by atoms with van der Waals surface area (Å²) >= 11 is 0. The van der Waals surface area contributed by atoms with Crippen LogP contribution < -0.4 is 5.73 Å². The van der Waals surface area contributed by atoms with Crippen LogP contribution in [-0.4, -0.2) is 34.4 Å². The molecule has 0 aliphatic heterocycles. The third kappa shape index (κ3) is 6.81. The molecule has 0 atom stereocenters. The molecule has 3 N–H and O–H groups in total. The lowest BCUT2D eigenvalue weighted by Gasteiger charge is -2.27. The second-order valence-corrected chi connectivity index (χ2v) is 5.77. The highest BCUT2D eigenvalue weighted by Gasteiger charge is 2.20. The van der Waals surface area contributed by atoms with Crippen molar-refractivity contribution >= 4 is 11.7 Å². The molecule has 0 aliphatic carbocycles. The zero-order valence-electron chi connectivity index (χ0n) is 11.5. The Morgan fingerprint density at radius 2 is 1.94 bits per heavy atom. The van der Waals surface area contributed by atoms with Gasteiger partial charge in [-0.15, -0.1) is 0 Å². The molecule has 5 heteroatoms. The molecule has 0 rings (SSSR count). The zero-order valence-corrected chi connectivity index (χ0v) is 11.5. The lowest BCUT2D eigenvalue weighted by atomic mass is 9.90. The molecule has 0 saturated carbocycles. The second kappa shape index (κ2) is 6.47. The van der Waals surface area contributed by atoms with Crippen molar-refractivity contribution in [3.8, 4) is 0 Å². The van der Waals surface area contributed by atoms with E-state index >= 15 is 0 Å². The minimum atomic E-state index is 0.0431. The number of hydrogen-bond acceptors (Lipinski definition) is 3. The average Bonchev–Trinajstić information content (AvgIpc) is 2.20. The standard InChI is InChI=1S/C12H25N3O2/c1-9(2)15(8-10(13)14-17)11(16)6-7-12(3,4)5/h9,17H,6-8H2,1-5H3,(H2,13,14). The highest BCUT2D eigenvalue weighted by Crippen LogP contribution is 2.21. The fourth-order valence-corrected chi connectivity index (χ4v) is 1.39. The van der Waals surface area contributed by atoms with Gasteiger partial charge in [0.1, 0.15) is 0 Å². The third-order valence-corrected chi connectivity index (χ3v) is 2.49. The van der Waals surface area contributed by atoms with Crippen LogP contribution in [0.4, 0.5) is 0 Å². The molecular formula is C12H25N3O2. The van der Waals surface area contributed by atoms with Gasteiger partial charge in [0.05, 0.1) is 6.54 Å². The van der Waals surface area contributed by atoms with Crippen LogP contribution in [0.3, 0.4) is 0 Å². The van der Waals surface area contributed by atoms with Gasteiger partial charge in [-0.3, -0.25) is 4.79 Å². The first-order chi connectivity index (χ1) is 7.67. The van der Waals surface area contributed by atoms with Gasteiger partial charge in [0.2, 0.25) is 5.91 Å². The molecule has 0 bridgehead atoms. The Labute approximate surface area is 104 Å². The van der Waals surface area contributed by atoms with Crippen molar-refractivity contribution < 1.29 is 10.0 Å². The van der Waals surface area contributed by atoms with Gasteiger partial charge in [-0.05, 0) is 25.7 Å². The molecule has 0 aromatic heterocycles. The summed E-state index contributed by atoms with van der Waals surface area (Å²) in [5, 5.41) is 11.4. The minimum Gasteiger partial charge on any atom is -0.409 e. The van der Waals surface area contributed by atoms with Crippen LogP contribution >= 0.6 is 0 Å². The predicted octanol–water partition coefficient (Wildman–Crippen LogP) is 1.80. The summed E-state index contributed by atoms with van der Waals surface area (Å²) in [5.41, 5.74) is 5.57. The van der Waals surface area contributed by atoms with E-state index in [4.69, 9.17) is 10.9 Å². The predicted molar refractivity (Wildman–Crippen MR) is 68.9 cm³/mol.